The molecule has 0 radical (unpaired) electrons. The lowest BCUT2D eigenvalue weighted by Crippen LogP contribution is -2.71. The quantitative estimate of drug-likeness (QED) is 0.0158. The molecule has 74 heavy (non-hydrogen) atoms. The Kier molecular flexibility index (Phi) is 14.6. The van der Waals surface area contributed by atoms with Gasteiger partial charge in [-0.15, -0.1) is 28.2 Å². The zero-order valence-corrected chi connectivity index (χ0v) is 43.7. The van der Waals surface area contributed by atoms with Crippen molar-refractivity contribution in [3.63, 3.8) is 0 Å². The predicted molar refractivity (Wildman–Crippen MR) is 289 cm³/mol. The summed E-state index contributed by atoms with van der Waals surface area (Å²) < 4.78 is 13.7. The summed E-state index contributed by atoms with van der Waals surface area (Å²) in [5.74, 6) is -2.66. The van der Waals surface area contributed by atoms with Gasteiger partial charge < -0.3 is 24.9 Å². The van der Waals surface area contributed by atoms with Gasteiger partial charge in [-0.1, -0.05) is 180 Å². The third kappa shape index (κ3) is 10.3. The number of rotatable bonds is 18. The molecule has 0 bridgehead atoms. The Morgan fingerprint density at radius 2 is 1.39 bits per heavy atom. The molecule has 10 rings (SSSR count). The molecule has 2 aliphatic heterocycles. The number of amides is 2. The molecule has 5 heterocycles. The second kappa shape index (κ2) is 21.6. The number of carbonyl (C=O) groups excluding carboxylic acids is 3. The second-order valence-electron chi connectivity index (χ2n) is 17.7. The third-order valence-electron chi connectivity index (χ3n) is 12.4. The second-order valence-corrected chi connectivity index (χ2v) is 21.8. The number of benzene rings is 5. The average Bonchev–Trinajstić information content (AvgIpc) is 4.10. The number of nitrogens with one attached hydrogen (secondary N) is 2. The minimum Gasteiger partial charge on any atom is -0.448 e. The van der Waals surface area contributed by atoms with Crippen molar-refractivity contribution in [1.82, 2.24) is 29.8 Å². The van der Waals surface area contributed by atoms with Gasteiger partial charge in [0.25, 0.3) is 17.4 Å². The lowest BCUT2D eigenvalue weighted by molar-refractivity contribution is -0.197. The Balaban J connectivity index is 0.959. The fourth-order valence-corrected chi connectivity index (χ4v) is 12.9. The molecule has 2 N–H and O–H groups in total. The Morgan fingerprint density at radius 3 is 1.96 bits per heavy atom. The molecular weight excluding hydrogens is 1010 g/mol. The number of fused-ring (bicyclic) bond motifs is 2. The molecule has 19 heteroatoms. The van der Waals surface area contributed by atoms with Crippen molar-refractivity contribution < 1.29 is 28.7 Å². The maximum absolute atomic E-state index is 14.8. The van der Waals surface area contributed by atoms with Crippen molar-refractivity contribution in [3.05, 3.63) is 224 Å². The minimum absolute atomic E-state index is 0.0777. The Labute approximate surface area is 442 Å². The summed E-state index contributed by atoms with van der Waals surface area (Å²) >= 11 is 5.25. The van der Waals surface area contributed by atoms with Crippen LogP contribution in [0, 0.1) is 6.92 Å². The third-order valence-corrected chi connectivity index (χ3v) is 16.6. The summed E-state index contributed by atoms with van der Waals surface area (Å²) in [6, 6.07) is 49.3. The van der Waals surface area contributed by atoms with Crippen LogP contribution in [0.3, 0.4) is 0 Å². The highest BCUT2D eigenvalue weighted by molar-refractivity contribution is 8.02. The number of hydrogen-bond donors (Lipinski definition) is 2. The molecule has 15 nitrogen and oxygen atoms in total. The van der Waals surface area contributed by atoms with Crippen molar-refractivity contribution in [2.24, 2.45) is 5.16 Å². The average molecular weight is 1060 g/mol. The highest BCUT2D eigenvalue weighted by Crippen LogP contribution is 2.44. The van der Waals surface area contributed by atoms with Crippen LogP contribution in [0.4, 0.5) is 5.13 Å². The first-order valence-corrected chi connectivity index (χ1v) is 27.2. The van der Waals surface area contributed by atoms with Crippen molar-refractivity contribution in [3.8, 4) is 0 Å². The van der Waals surface area contributed by atoms with Crippen LogP contribution >= 0.6 is 46.2 Å². The van der Waals surface area contributed by atoms with Crippen molar-refractivity contribution in [2.45, 2.75) is 54.0 Å². The number of nitrogens with zero attached hydrogens (tertiary/aromatic N) is 6. The topological polar surface area (TPSA) is 179 Å². The van der Waals surface area contributed by atoms with Gasteiger partial charge in [0.1, 0.15) is 28.3 Å². The minimum atomic E-state index is -1.24. The molecule has 5 aromatic carbocycles. The van der Waals surface area contributed by atoms with Crippen LogP contribution in [0.1, 0.15) is 59.2 Å². The molecule has 1 saturated heterocycles. The van der Waals surface area contributed by atoms with E-state index in [1.54, 1.807) is 26.2 Å². The molecule has 0 spiro atoms. The number of methoxy groups -OCH3 is 1. The Morgan fingerprint density at radius 1 is 0.824 bits per heavy atom. The van der Waals surface area contributed by atoms with Gasteiger partial charge in [0, 0.05) is 49.6 Å². The lowest BCUT2D eigenvalue weighted by Gasteiger charge is -2.49. The largest absolute Gasteiger partial charge is 0.448 e. The van der Waals surface area contributed by atoms with E-state index in [2.05, 4.69) is 62.3 Å². The van der Waals surface area contributed by atoms with Crippen molar-refractivity contribution >= 4 is 79.8 Å². The Bertz CT molecular complexity index is 3310. The molecular formula is C55H48N8O7S4. The smallest absolute Gasteiger partial charge is 0.356 e. The van der Waals surface area contributed by atoms with Crippen molar-refractivity contribution in [1.29, 1.82) is 0 Å². The first-order valence-electron chi connectivity index (χ1n) is 23.4. The molecule has 8 aromatic rings. The fourth-order valence-electron chi connectivity index (χ4n) is 8.63. The van der Waals surface area contributed by atoms with Gasteiger partial charge in [-0.2, -0.15) is 4.52 Å². The number of anilines is 1. The summed E-state index contributed by atoms with van der Waals surface area (Å²) in [5.41, 5.74) is 4.40. The molecule has 1 fully saturated rings. The number of β-lactam (4-membered cyclic amide) rings is 1. The van der Waals surface area contributed by atoms with E-state index in [1.165, 1.54) is 68.8 Å². The lowest BCUT2D eigenvalue weighted by atomic mass is 9.77. The van der Waals surface area contributed by atoms with E-state index in [0.717, 1.165) is 27.8 Å². The number of esters is 1. The standard InChI is InChI=1S/C55H48N8O7S4/c1-34-30-42(64)63-52(56-34)74-53(60-63)73-32-37-31-71-49-44(48(66)62(49)45(37)50(67)69-46(35-20-10-5-11-21-35)36-22-12-6-13-23-36)58-47(65)43(61-70-54(2,3)68-4)41-33-72-51(57-41)59-55(38-24-14-7-15-25-38,39-26-16-8-17-27-39)40-28-18-9-19-29-40/h5-30,33,44,46,49H,31-32H2,1-4H3,(H,57,59)(H,58,65)/b61-43-/t44-,49-/m1/s1. The summed E-state index contributed by atoms with van der Waals surface area (Å²) in [7, 11) is 1.46. The number of aryl methyl sites for hydroxylation is 1. The van der Waals surface area contributed by atoms with E-state index in [4.69, 9.17) is 19.3 Å². The first-order chi connectivity index (χ1) is 35.9. The molecule has 3 aromatic heterocycles. The van der Waals surface area contributed by atoms with Crippen LogP contribution in [0.2, 0.25) is 0 Å². The summed E-state index contributed by atoms with van der Waals surface area (Å²) in [4.78, 5) is 74.0. The monoisotopic (exact) mass is 1060 g/mol. The van der Waals surface area contributed by atoms with E-state index in [1.807, 2.05) is 115 Å². The molecule has 0 saturated carbocycles. The van der Waals surface area contributed by atoms with Crippen LogP contribution in [0.5, 0.6) is 0 Å². The van der Waals surface area contributed by atoms with Gasteiger partial charge in [0.15, 0.2) is 21.3 Å². The number of thioether (sulfide) groups is 2. The highest BCUT2D eigenvalue weighted by atomic mass is 32.2. The number of carbonyl (C=O) groups is 3. The maximum atomic E-state index is 14.8. The predicted octanol–water partition coefficient (Wildman–Crippen LogP) is 9.20. The van der Waals surface area contributed by atoms with Crippen LogP contribution < -0.4 is 16.2 Å². The van der Waals surface area contributed by atoms with Crippen LogP contribution in [0.25, 0.3) is 4.96 Å². The number of oxime groups is 1. The normalized spacial score (nSPS) is 15.9. The molecule has 374 valence electrons. The van der Waals surface area contributed by atoms with Gasteiger partial charge in [-0.3, -0.25) is 19.3 Å². The molecule has 2 amide bonds. The van der Waals surface area contributed by atoms with E-state index < -0.39 is 46.6 Å². The number of hydrogen-bond acceptors (Lipinski definition) is 16. The summed E-state index contributed by atoms with van der Waals surface area (Å²) in [6.45, 7) is 5.05. The van der Waals surface area contributed by atoms with E-state index in [-0.39, 0.29) is 28.4 Å². The Hall–Kier alpha value is -7.42. The van der Waals surface area contributed by atoms with Crippen LogP contribution in [0.15, 0.2) is 189 Å². The van der Waals surface area contributed by atoms with Gasteiger partial charge in [0.2, 0.25) is 10.7 Å². The zero-order chi connectivity index (χ0) is 51.4. The van der Waals surface area contributed by atoms with E-state index in [0.29, 0.717) is 31.5 Å². The fraction of sp³-hybridized carbons (Fsp3) is 0.200. The number of thiazole rings is 1. The molecule has 0 unspecified atom stereocenters. The van der Waals surface area contributed by atoms with Crippen LogP contribution in [-0.2, 0) is 34.2 Å². The zero-order valence-electron chi connectivity index (χ0n) is 40.4. The van der Waals surface area contributed by atoms with Gasteiger partial charge >= 0.3 is 5.97 Å². The molecule has 2 atom stereocenters. The summed E-state index contributed by atoms with van der Waals surface area (Å²) in [5, 5.41) is 17.0. The summed E-state index contributed by atoms with van der Waals surface area (Å²) in [6.07, 6.45) is -0.803. The highest BCUT2D eigenvalue weighted by Gasteiger charge is 2.55. The van der Waals surface area contributed by atoms with E-state index in [9.17, 15) is 19.2 Å². The van der Waals surface area contributed by atoms with E-state index >= 15 is 0 Å². The molecule has 0 aliphatic carbocycles. The molecule has 2 aliphatic rings. The maximum Gasteiger partial charge on any atom is 0.356 e. The van der Waals surface area contributed by atoms with Crippen molar-refractivity contribution in [2.75, 3.05) is 23.9 Å². The number of ether oxygens (including phenoxy) is 2. The van der Waals surface area contributed by atoms with Crippen LogP contribution in [-0.4, -0.2) is 83.8 Å². The van der Waals surface area contributed by atoms with Gasteiger partial charge in [0.05, 0.1) is 0 Å². The first kappa shape index (κ1) is 50.1. The SMILES string of the molecule is COC(C)(C)O/N=C(\C(=O)N[C@@H]1C(=O)N2C(C(=O)OC(c3ccccc3)c3ccccc3)=C(CSc3nn4c(=O)cc(C)nc4s3)CS[C@H]12)c1csc(NC(c2ccccc2)(c2ccccc2)c2ccccc2)n1. The number of aromatic nitrogens is 4. The van der Waals surface area contributed by atoms with Gasteiger partial charge in [-0.05, 0) is 40.3 Å². The van der Waals surface area contributed by atoms with Gasteiger partial charge in [-0.25, -0.2) is 14.8 Å².